The molecule has 6 heteroatoms. The van der Waals surface area contributed by atoms with Gasteiger partial charge in [0.1, 0.15) is 5.82 Å². The average Bonchev–Trinajstić information content (AvgIpc) is 2.70. The van der Waals surface area contributed by atoms with Gasteiger partial charge in [0.15, 0.2) is 0 Å². The van der Waals surface area contributed by atoms with Crippen molar-refractivity contribution in [1.82, 2.24) is 10.2 Å². The summed E-state index contributed by atoms with van der Waals surface area (Å²) in [7, 11) is 0. The molecule has 1 fully saturated rings. The predicted molar refractivity (Wildman–Crippen MR) is 107 cm³/mol. The first kappa shape index (κ1) is 20.0. The Bertz CT molecular complexity index is 847. The van der Waals surface area contributed by atoms with Crippen LogP contribution in [0.25, 0.3) is 0 Å². The van der Waals surface area contributed by atoms with Crippen LogP contribution in [-0.2, 0) is 22.7 Å². The fraction of sp³-hybridized carbons (Fsp3) is 0.364. The lowest BCUT2D eigenvalue weighted by Gasteiger charge is -2.27. The summed E-state index contributed by atoms with van der Waals surface area (Å²) in [6.07, 6.45) is 3.72. The molecule has 1 aliphatic heterocycles. The Morgan fingerprint density at radius 2 is 1.71 bits per heavy atom. The fourth-order valence-corrected chi connectivity index (χ4v) is 3.41. The molecular weight excluding hydrogens is 357 g/mol. The maximum Gasteiger partial charge on any atom is 0.313 e. The van der Waals surface area contributed by atoms with Crippen LogP contribution in [0.4, 0.5) is 10.1 Å². The van der Waals surface area contributed by atoms with Gasteiger partial charge in [0, 0.05) is 13.1 Å². The molecule has 1 aliphatic rings. The summed E-state index contributed by atoms with van der Waals surface area (Å²) in [5.74, 6) is -2.23. The molecule has 1 heterocycles. The number of amides is 2. The van der Waals surface area contributed by atoms with E-state index in [1.54, 1.807) is 13.0 Å². The minimum atomic E-state index is -0.877. The zero-order valence-electron chi connectivity index (χ0n) is 16.1. The van der Waals surface area contributed by atoms with E-state index < -0.39 is 17.6 Å². The number of hydrogen-bond donors (Lipinski definition) is 2. The number of hydrogen-bond acceptors (Lipinski definition) is 3. The van der Waals surface area contributed by atoms with Gasteiger partial charge in [0.25, 0.3) is 0 Å². The second-order valence-corrected chi connectivity index (χ2v) is 7.23. The molecule has 5 nitrogen and oxygen atoms in total. The molecule has 0 atom stereocenters. The van der Waals surface area contributed by atoms with Crippen LogP contribution >= 0.6 is 0 Å². The number of carbonyl (C=O) groups is 2. The third-order valence-electron chi connectivity index (χ3n) is 4.98. The Labute approximate surface area is 164 Å². The first-order valence-electron chi connectivity index (χ1n) is 9.67. The average molecular weight is 383 g/mol. The largest absolute Gasteiger partial charge is 0.344 e. The van der Waals surface area contributed by atoms with Gasteiger partial charge >= 0.3 is 11.8 Å². The zero-order chi connectivity index (χ0) is 19.9. The summed E-state index contributed by atoms with van der Waals surface area (Å²) in [6.45, 7) is 5.06. The van der Waals surface area contributed by atoms with Crippen molar-refractivity contribution in [1.29, 1.82) is 0 Å². The van der Waals surface area contributed by atoms with E-state index in [9.17, 15) is 14.0 Å². The van der Waals surface area contributed by atoms with Crippen molar-refractivity contribution in [2.75, 3.05) is 18.4 Å². The van der Waals surface area contributed by atoms with Crippen molar-refractivity contribution in [3.05, 3.63) is 65.0 Å². The van der Waals surface area contributed by atoms with Crippen LogP contribution in [0.5, 0.6) is 0 Å². The summed E-state index contributed by atoms with van der Waals surface area (Å²) in [5, 5.41) is 4.97. The molecule has 1 saturated heterocycles. The van der Waals surface area contributed by atoms with Crippen molar-refractivity contribution < 1.29 is 14.0 Å². The van der Waals surface area contributed by atoms with Crippen LogP contribution in [0.2, 0.25) is 0 Å². The summed E-state index contributed by atoms with van der Waals surface area (Å²) < 4.78 is 13.8. The van der Waals surface area contributed by atoms with Gasteiger partial charge in [-0.2, -0.15) is 0 Å². The van der Waals surface area contributed by atoms with Gasteiger partial charge in [-0.1, -0.05) is 36.8 Å². The number of carbonyl (C=O) groups excluding carboxylic acids is 2. The third-order valence-corrected chi connectivity index (χ3v) is 4.98. The molecule has 2 aromatic carbocycles. The molecular formula is C22H26FN3O2. The number of benzene rings is 2. The van der Waals surface area contributed by atoms with Crippen LogP contribution in [0.15, 0.2) is 42.5 Å². The number of nitrogens with zero attached hydrogens (tertiary/aromatic N) is 1. The fourth-order valence-electron chi connectivity index (χ4n) is 3.41. The van der Waals surface area contributed by atoms with Crippen molar-refractivity contribution in [3.63, 3.8) is 0 Å². The van der Waals surface area contributed by atoms with Crippen LogP contribution in [0.3, 0.4) is 0 Å². The predicted octanol–water partition coefficient (Wildman–Crippen LogP) is 3.37. The molecule has 2 aromatic rings. The van der Waals surface area contributed by atoms with Crippen molar-refractivity contribution in [2.24, 2.45) is 0 Å². The molecule has 0 spiro atoms. The van der Waals surface area contributed by atoms with Gasteiger partial charge in [-0.15, -0.1) is 0 Å². The van der Waals surface area contributed by atoms with E-state index >= 15 is 0 Å². The van der Waals surface area contributed by atoms with E-state index in [1.807, 2.05) is 18.2 Å². The van der Waals surface area contributed by atoms with Crippen molar-refractivity contribution >= 4 is 17.5 Å². The van der Waals surface area contributed by atoms with Crippen LogP contribution < -0.4 is 10.6 Å². The summed E-state index contributed by atoms with van der Waals surface area (Å²) in [5.41, 5.74) is 2.93. The summed E-state index contributed by atoms with van der Waals surface area (Å²) >= 11 is 0. The molecule has 0 bridgehead atoms. The van der Waals surface area contributed by atoms with E-state index in [1.165, 1.54) is 31.4 Å². The molecule has 0 aromatic heterocycles. The molecule has 3 rings (SSSR count). The van der Waals surface area contributed by atoms with Gasteiger partial charge in [-0.25, -0.2) is 4.39 Å². The van der Waals surface area contributed by atoms with Crippen molar-refractivity contribution in [2.45, 2.75) is 39.3 Å². The van der Waals surface area contributed by atoms with E-state index in [-0.39, 0.29) is 12.2 Å². The SMILES string of the molecule is Cc1ccc(F)c(NC(=O)C(=O)NCc2ccccc2CN2CCCCC2)c1. The molecule has 28 heavy (non-hydrogen) atoms. The smallest absolute Gasteiger partial charge is 0.313 e. The highest BCUT2D eigenvalue weighted by Gasteiger charge is 2.17. The zero-order valence-corrected chi connectivity index (χ0v) is 16.1. The highest BCUT2D eigenvalue weighted by molar-refractivity contribution is 6.39. The Kier molecular flexibility index (Phi) is 6.76. The van der Waals surface area contributed by atoms with Crippen molar-refractivity contribution in [3.8, 4) is 0 Å². The second kappa shape index (κ2) is 9.46. The van der Waals surface area contributed by atoms with Gasteiger partial charge in [0.2, 0.25) is 0 Å². The maximum atomic E-state index is 13.8. The lowest BCUT2D eigenvalue weighted by molar-refractivity contribution is -0.136. The van der Waals surface area contributed by atoms with Crippen LogP contribution in [0, 0.1) is 12.7 Å². The Balaban J connectivity index is 1.58. The molecule has 0 radical (unpaired) electrons. The number of aryl methyl sites for hydroxylation is 1. The Morgan fingerprint density at radius 3 is 2.46 bits per heavy atom. The van der Waals surface area contributed by atoms with Crippen LogP contribution in [0.1, 0.15) is 36.0 Å². The quantitative estimate of drug-likeness (QED) is 0.778. The molecule has 148 valence electrons. The third kappa shape index (κ3) is 5.39. The minimum absolute atomic E-state index is 0.00523. The van der Waals surface area contributed by atoms with Gasteiger partial charge in [-0.05, 0) is 61.7 Å². The molecule has 2 amide bonds. The lowest BCUT2D eigenvalue weighted by atomic mass is 10.0. The number of anilines is 1. The maximum absolute atomic E-state index is 13.8. The standard InChI is InChI=1S/C22H26FN3O2/c1-16-9-10-19(23)20(13-16)25-22(28)21(27)24-14-17-7-3-4-8-18(17)15-26-11-5-2-6-12-26/h3-4,7-10,13H,2,5-6,11-12,14-15H2,1H3,(H,24,27)(H,25,28). The molecule has 0 saturated carbocycles. The summed E-state index contributed by atoms with van der Waals surface area (Å²) in [6, 6.07) is 12.3. The first-order chi connectivity index (χ1) is 13.5. The molecule has 0 unspecified atom stereocenters. The number of likely N-dealkylation sites (tertiary alicyclic amines) is 1. The first-order valence-corrected chi connectivity index (χ1v) is 9.67. The van der Waals surface area contributed by atoms with Gasteiger partial charge in [-0.3, -0.25) is 14.5 Å². The summed E-state index contributed by atoms with van der Waals surface area (Å²) in [4.78, 5) is 26.7. The van der Waals surface area contributed by atoms with E-state index in [4.69, 9.17) is 0 Å². The van der Waals surface area contributed by atoms with E-state index in [2.05, 4.69) is 21.6 Å². The number of rotatable bonds is 5. The second-order valence-electron chi connectivity index (χ2n) is 7.23. The normalized spacial score (nSPS) is 14.5. The topological polar surface area (TPSA) is 61.4 Å². The van der Waals surface area contributed by atoms with Crippen LogP contribution in [-0.4, -0.2) is 29.8 Å². The highest BCUT2D eigenvalue weighted by Crippen LogP contribution is 2.17. The lowest BCUT2D eigenvalue weighted by Crippen LogP contribution is -2.35. The number of halogens is 1. The Morgan fingerprint density at radius 1 is 1.00 bits per heavy atom. The monoisotopic (exact) mass is 383 g/mol. The molecule has 0 aliphatic carbocycles. The van der Waals surface area contributed by atoms with Gasteiger partial charge in [0.05, 0.1) is 5.69 Å². The van der Waals surface area contributed by atoms with Gasteiger partial charge < -0.3 is 10.6 Å². The number of nitrogens with one attached hydrogen (secondary N) is 2. The minimum Gasteiger partial charge on any atom is -0.344 e. The number of piperidine rings is 1. The van der Waals surface area contributed by atoms with E-state index in [0.717, 1.165) is 36.3 Å². The van der Waals surface area contributed by atoms with E-state index in [0.29, 0.717) is 0 Å². The Hall–Kier alpha value is -2.73. The highest BCUT2D eigenvalue weighted by atomic mass is 19.1. The molecule has 2 N–H and O–H groups in total.